The van der Waals surface area contributed by atoms with Gasteiger partial charge in [-0.15, -0.1) is 0 Å². The van der Waals surface area contributed by atoms with E-state index in [4.69, 9.17) is 4.74 Å². The third-order valence-corrected chi connectivity index (χ3v) is 4.79. The number of aromatic nitrogens is 7. The average molecular weight is 394 g/mol. The first-order valence-electron chi connectivity index (χ1n) is 9.13. The van der Waals surface area contributed by atoms with Crippen molar-refractivity contribution in [1.82, 2.24) is 33.7 Å². The van der Waals surface area contributed by atoms with E-state index in [0.29, 0.717) is 36.7 Å². The first-order valence-corrected chi connectivity index (χ1v) is 9.13. The number of ether oxygens (including phenoxy) is 1. The minimum Gasteiger partial charge on any atom is -0.380 e. The molecule has 0 amide bonds. The van der Waals surface area contributed by atoms with Gasteiger partial charge in [0.15, 0.2) is 11.3 Å². The number of hydrogen-bond acceptors (Lipinski definition) is 7. The molecule has 0 bridgehead atoms. The number of nitrogens with zero attached hydrogens (tertiary/aromatic N) is 7. The van der Waals surface area contributed by atoms with E-state index in [1.165, 1.54) is 6.33 Å². The molecule has 0 unspecified atom stereocenters. The van der Waals surface area contributed by atoms with Gasteiger partial charge in [0.25, 0.3) is 0 Å². The van der Waals surface area contributed by atoms with Crippen LogP contribution in [0.25, 0.3) is 16.8 Å². The number of pyridine rings is 1. The van der Waals surface area contributed by atoms with E-state index in [9.17, 15) is 4.79 Å². The zero-order chi connectivity index (χ0) is 20.5. The second-order valence-corrected chi connectivity index (χ2v) is 6.89. The van der Waals surface area contributed by atoms with Crippen LogP contribution in [-0.2, 0) is 18.3 Å². The number of fused-ring (bicyclic) bond motifs is 2. The van der Waals surface area contributed by atoms with Gasteiger partial charge in [-0.25, -0.2) is 19.3 Å². The Bertz CT molecular complexity index is 1270. The van der Waals surface area contributed by atoms with E-state index in [1.807, 2.05) is 19.2 Å². The molecule has 0 aliphatic heterocycles. The zero-order valence-electron chi connectivity index (χ0n) is 16.6. The van der Waals surface area contributed by atoms with E-state index in [2.05, 4.69) is 31.9 Å². The minimum atomic E-state index is -0.142. The summed E-state index contributed by atoms with van der Waals surface area (Å²) in [6, 6.07) is 1.92. The van der Waals surface area contributed by atoms with Crippen LogP contribution in [0.1, 0.15) is 12.0 Å². The molecular weight excluding hydrogens is 372 g/mol. The van der Waals surface area contributed by atoms with Gasteiger partial charge in [-0.1, -0.05) is 12.2 Å². The van der Waals surface area contributed by atoms with Gasteiger partial charge >= 0.3 is 5.69 Å². The molecule has 0 fully saturated rings. The van der Waals surface area contributed by atoms with Gasteiger partial charge in [-0.3, -0.25) is 9.13 Å². The summed E-state index contributed by atoms with van der Waals surface area (Å²) in [4.78, 5) is 25.8. The Balaban J connectivity index is 1.68. The highest BCUT2D eigenvalue weighted by Crippen LogP contribution is 2.20. The third kappa shape index (κ3) is 3.49. The lowest BCUT2D eigenvalue weighted by Gasteiger charge is -2.09. The van der Waals surface area contributed by atoms with Crippen LogP contribution >= 0.6 is 0 Å². The van der Waals surface area contributed by atoms with Crippen molar-refractivity contribution in [3.8, 4) is 0 Å². The lowest BCUT2D eigenvalue weighted by Crippen LogP contribution is -2.22. The SMILES string of the molecule is C=C(CCn1c(=O)n(C)c2cnc(Nc3cn4ncnc4cc3C)nc21)COC. The van der Waals surface area contributed by atoms with E-state index < -0.39 is 0 Å². The highest BCUT2D eigenvalue weighted by atomic mass is 16.5. The Labute approximate surface area is 166 Å². The number of hydrogen-bond donors (Lipinski definition) is 1. The Hall–Kier alpha value is -3.53. The molecule has 4 heterocycles. The second-order valence-electron chi connectivity index (χ2n) is 6.89. The van der Waals surface area contributed by atoms with Crippen molar-refractivity contribution in [1.29, 1.82) is 0 Å². The predicted molar refractivity (Wildman–Crippen MR) is 109 cm³/mol. The molecule has 0 atom stereocenters. The van der Waals surface area contributed by atoms with Crippen LogP contribution < -0.4 is 11.0 Å². The van der Waals surface area contributed by atoms with Crippen molar-refractivity contribution in [2.45, 2.75) is 19.9 Å². The Morgan fingerprint density at radius 3 is 2.97 bits per heavy atom. The molecular formula is C19H22N8O2. The van der Waals surface area contributed by atoms with Crippen LogP contribution in [0.4, 0.5) is 11.6 Å². The molecule has 0 saturated carbocycles. The average Bonchev–Trinajstić information content (AvgIpc) is 3.23. The van der Waals surface area contributed by atoms with Crippen molar-refractivity contribution >= 4 is 28.4 Å². The van der Waals surface area contributed by atoms with Gasteiger partial charge in [0.05, 0.1) is 24.7 Å². The first kappa shape index (κ1) is 18.8. The smallest absolute Gasteiger partial charge is 0.330 e. The maximum absolute atomic E-state index is 12.7. The molecule has 0 aliphatic rings. The van der Waals surface area contributed by atoms with Gasteiger partial charge in [-0.05, 0) is 25.0 Å². The number of anilines is 2. The van der Waals surface area contributed by atoms with Gasteiger partial charge in [0, 0.05) is 20.7 Å². The molecule has 4 aromatic rings. The number of methoxy groups -OCH3 is 1. The van der Waals surface area contributed by atoms with Crippen LogP contribution in [0.15, 0.2) is 41.7 Å². The van der Waals surface area contributed by atoms with Crippen LogP contribution in [0.2, 0.25) is 0 Å². The summed E-state index contributed by atoms with van der Waals surface area (Å²) in [7, 11) is 3.34. The largest absolute Gasteiger partial charge is 0.380 e. The van der Waals surface area contributed by atoms with E-state index >= 15 is 0 Å². The summed E-state index contributed by atoms with van der Waals surface area (Å²) in [6.45, 7) is 6.88. The van der Waals surface area contributed by atoms with Gasteiger partial charge in [-0.2, -0.15) is 10.1 Å². The summed E-state index contributed by atoms with van der Waals surface area (Å²) < 4.78 is 9.95. The van der Waals surface area contributed by atoms with Gasteiger partial charge in [0.2, 0.25) is 5.95 Å². The van der Waals surface area contributed by atoms with E-state index in [1.54, 1.807) is 34.0 Å². The standard InChI is InChI=1S/C19H22N8O2/c1-12(10-29-4)5-6-26-17-15(25(3)19(26)28)8-20-18(24-17)23-14-9-27-16(7-13(14)2)21-11-22-27/h7-9,11H,1,5-6,10H2,2-4H3,(H,20,23,24). The minimum absolute atomic E-state index is 0.142. The molecule has 4 aromatic heterocycles. The highest BCUT2D eigenvalue weighted by Gasteiger charge is 2.14. The van der Waals surface area contributed by atoms with Gasteiger partial charge in [0.1, 0.15) is 11.8 Å². The molecule has 10 heteroatoms. The van der Waals surface area contributed by atoms with Crippen molar-refractivity contribution in [2.75, 3.05) is 19.0 Å². The molecule has 0 aromatic carbocycles. The highest BCUT2D eigenvalue weighted by molar-refractivity contribution is 5.73. The zero-order valence-corrected chi connectivity index (χ0v) is 16.6. The second kappa shape index (κ2) is 7.47. The van der Waals surface area contributed by atoms with Crippen molar-refractivity contribution in [3.05, 3.63) is 53.0 Å². The number of nitrogens with one attached hydrogen (secondary N) is 1. The number of rotatable bonds is 7. The predicted octanol–water partition coefficient (Wildman–Crippen LogP) is 1.82. The molecule has 1 N–H and O–H groups in total. The fourth-order valence-corrected chi connectivity index (χ4v) is 3.19. The summed E-state index contributed by atoms with van der Waals surface area (Å²) >= 11 is 0. The van der Waals surface area contributed by atoms with Crippen LogP contribution in [0, 0.1) is 6.92 Å². The molecule has 150 valence electrons. The Morgan fingerprint density at radius 2 is 2.17 bits per heavy atom. The topological polar surface area (TPSA) is 104 Å². The Kier molecular flexibility index (Phi) is 4.85. The Morgan fingerprint density at radius 1 is 1.34 bits per heavy atom. The van der Waals surface area contributed by atoms with E-state index in [-0.39, 0.29) is 5.69 Å². The maximum atomic E-state index is 12.7. The molecule has 0 saturated heterocycles. The first-order chi connectivity index (χ1) is 14.0. The molecule has 0 spiro atoms. The van der Waals surface area contributed by atoms with Crippen molar-refractivity contribution < 1.29 is 4.74 Å². The summed E-state index contributed by atoms with van der Waals surface area (Å²) in [5.41, 5.74) is 4.56. The molecule has 0 radical (unpaired) electrons. The van der Waals surface area contributed by atoms with Gasteiger partial charge < -0.3 is 10.1 Å². The summed E-state index contributed by atoms with van der Waals surface area (Å²) in [5, 5.41) is 7.37. The normalized spacial score (nSPS) is 11.4. The number of imidazole rings is 1. The summed E-state index contributed by atoms with van der Waals surface area (Å²) in [6.07, 6.45) is 5.61. The fourth-order valence-electron chi connectivity index (χ4n) is 3.19. The third-order valence-electron chi connectivity index (χ3n) is 4.79. The number of aryl methyl sites for hydroxylation is 3. The molecule has 4 rings (SSSR count). The molecule has 0 aliphatic carbocycles. The van der Waals surface area contributed by atoms with Crippen LogP contribution in [-0.4, -0.2) is 47.4 Å². The quantitative estimate of drug-likeness (QED) is 0.477. The van der Waals surface area contributed by atoms with E-state index in [0.717, 1.165) is 22.5 Å². The fraction of sp³-hybridized carbons (Fsp3) is 0.316. The lowest BCUT2D eigenvalue weighted by molar-refractivity contribution is 0.222. The lowest BCUT2D eigenvalue weighted by atomic mass is 10.2. The maximum Gasteiger partial charge on any atom is 0.330 e. The molecule has 10 nitrogen and oxygen atoms in total. The van der Waals surface area contributed by atoms with Crippen LogP contribution in [0.5, 0.6) is 0 Å². The summed E-state index contributed by atoms with van der Waals surface area (Å²) in [5.74, 6) is 0.398. The molecule has 29 heavy (non-hydrogen) atoms. The van der Waals surface area contributed by atoms with Crippen molar-refractivity contribution in [2.24, 2.45) is 7.05 Å². The van der Waals surface area contributed by atoms with Crippen molar-refractivity contribution in [3.63, 3.8) is 0 Å². The monoisotopic (exact) mass is 394 g/mol. The van der Waals surface area contributed by atoms with Crippen LogP contribution in [0.3, 0.4) is 0 Å².